The van der Waals surface area contributed by atoms with Gasteiger partial charge in [0.1, 0.15) is 5.75 Å². The Hall–Kier alpha value is -1.67. The highest BCUT2D eigenvalue weighted by Crippen LogP contribution is 2.27. The summed E-state index contributed by atoms with van der Waals surface area (Å²) in [5.41, 5.74) is 5.01. The van der Waals surface area contributed by atoms with Crippen LogP contribution in [-0.2, 0) is 6.54 Å². The van der Waals surface area contributed by atoms with Crippen molar-refractivity contribution in [1.82, 2.24) is 0 Å². The Balaban J connectivity index is 2.19. The van der Waals surface area contributed by atoms with Crippen molar-refractivity contribution in [3.05, 3.63) is 57.6 Å². The van der Waals surface area contributed by atoms with Crippen LogP contribution in [-0.4, -0.2) is 5.11 Å². The van der Waals surface area contributed by atoms with Crippen molar-refractivity contribution in [1.29, 1.82) is 0 Å². The molecule has 0 aliphatic carbocycles. The maximum atomic E-state index is 9.76. The van der Waals surface area contributed by atoms with Crippen LogP contribution in [0.2, 0.25) is 5.02 Å². The zero-order valence-corrected chi connectivity index (χ0v) is 12.2. The van der Waals surface area contributed by atoms with Crippen LogP contribution in [0.15, 0.2) is 30.3 Å². The second-order valence-corrected chi connectivity index (χ2v) is 5.27. The molecule has 0 unspecified atom stereocenters. The molecule has 2 N–H and O–H groups in total. The molecule has 2 aromatic rings. The number of halogens is 1. The second kappa shape index (κ2) is 5.54. The van der Waals surface area contributed by atoms with Crippen molar-refractivity contribution < 1.29 is 5.11 Å². The third kappa shape index (κ3) is 3.02. The van der Waals surface area contributed by atoms with E-state index in [4.69, 9.17) is 11.6 Å². The van der Waals surface area contributed by atoms with E-state index in [0.717, 1.165) is 33.0 Å². The average Bonchev–Trinajstić information content (AvgIpc) is 2.35. The summed E-state index contributed by atoms with van der Waals surface area (Å²) >= 11 is 6.18. The normalized spacial score (nSPS) is 10.5. The Kier molecular flexibility index (Phi) is 4.01. The van der Waals surface area contributed by atoms with Gasteiger partial charge in [-0.15, -0.1) is 0 Å². The predicted octanol–water partition coefficient (Wildman–Crippen LogP) is 4.58. The molecule has 0 aliphatic rings. The molecule has 2 aromatic carbocycles. The molecule has 2 rings (SSSR count). The third-order valence-electron chi connectivity index (χ3n) is 3.24. The van der Waals surface area contributed by atoms with Crippen molar-refractivity contribution >= 4 is 17.3 Å². The van der Waals surface area contributed by atoms with Crippen molar-refractivity contribution in [2.24, 2.45) is 0 Å². The van der Waals surface area contributed by atoms with Gasteiger partial charge in [-0.05, 0) is 49.1 Å². The zero-order valence-electron chi connectivity index (χ0n) is 11.4. The average molecular weight is 276 g/mol. The molecule has 100 valence electrons. The number of phenolic OH excluding ortho intramolecular Hbond substituents is 1. The lowest BCUT2D eigenvalue weighted by Crippen LogP contribution is -2.02. The molecule has 0 radical (unpaired) electrons. The molecule has 0 spiro atoms. The summed E-state index contributed by atoms with van der Waals surface area (Å²) < 4.78 is 0. The second-order valence-electron chi connectivity index (χ2n) is 4.86. The van der Waals surface area contributed by atoms with Gasteiger partial charge in [-0.25, -0.2) is 0 Å². The number of hydrogen-bond donors (Lipinski definition) is 2. The van der Waals surface area contributed by atoms with E-state index < -0.39 is 0 Å². The van der Waals surface area contributed by atoms with Gasteiger partial charge >= 0.3 is 0 Å². The fourth-order valence-electron chi connectivity index (χ4n) is 2.19. The third-order valence-corrected chi connectivity index (χ3v) is 3.56. The minimum atomic E-state index is 0.373. The maximum Gasteiger partial charge on any atom is 0.121 e. The number of anilines is 1. The summed E-state index contributed by atoms with van der Waals surface area (Å²) in [6, 6.07) is 9.83. The van der Waals surface area contributed by atoms with Crippen molar-refractivity contribution in [2.75, 3.05) is 5.32 Å². The Morgan fingerprint density at radius 2 is 1.68 bits per heavy atom. The zero-order chi connectivity index (χ0) is 14.0. The van der Waals surface area contributed by atoms with Gasteiger partial charge in [0.25, 0.3) is 0 Å². The van der Waals surface area contributed by atoms with Gasteiger partial charge in [0.05, 0.1) is 10.7 Å². The SMILES string of the molecule is Cc1cc(CNc2c(C)cccc2Cl)cc(C)c1O. The van der Waals surface area contributed by atoms with E-state index in [1.807, 2.05) is 51.1 Å². The molecule has 2 nitrogen and oxygen atoms in total. The van der Waals surface area contributed by atoms with E-state index >= 15 is 0 Å². The van der Waals surface area contributed by atoms with E-state index in [1.165, 1.54) is 0 Å². The Morgan fingerprint density at radius 3 is 2.26 bits per heavy atom. The van der Waals surface area contributed by atoms with Crippen molar-refractivity contribution in [3.63, 3.8) is 0 Å². The molecule has 19 heavy (non-hydrogen) atoms. The number of para-hydroxylation sites is 1. The highest BCUT2D eigenvalue weighted by atomic mass is 35.5. The van der Waals surface area contributed by atoms with Crippen molar-refractivity contribution in [2.45, 2.75) is 27.3 Å². The van der Waals surface area contributed by atoms with Crippen LogP contribution < -0.4 is 5.32 Å². The summed E-state index contributed by atoms with van der Waals surface area (Å²) in [4.78, 5) is 0. The molecule has 0 aromatic heterocycles. The van der Waals surface area contributed by atoms with Gasteiger partial charge < -0.3 is 10.4 Å². The lowest BCUT2D eigenvalue weighted by Gasteiger charge is -2.13. The van der Waals surface area contributed by atoms with Gasteiger partial charge in [0, 0.05) is 6.54 Å². The standard InChI is InChI=1S/C16H18ClNO/c1-10-5-4-6-14(17)15(10)18-9-13-7-11(2)16(19)12(3)8-13/h4-8,18-19H,9H2,1-3H3. The molecule has 0 saturated heterocycles. The number of phenols is 1. The summed E-state index contributed by atoms with van der Waals surface area (Å²) in [6.45, 7) is 6.53. The Bertz CT molecular complexity index is 564. The van der Waals surface area contributed by atoms with E-state index in [-0.39, 0.29) is 0 Å². The fourth-order valence-corrected chi connectivity index (χ4v) is 2.48. The number of aromatic hydroxyl groups is 1. The smallest absolute Gasteiger partial charge is 0.121 e. The summed E-state index contributed by atoms with van der Waals surface area (Å²) in [5.74, 6) is 0.373. The van der Waals surface area contributed by atoms with E-state index in [2.05, 4.69) is 5.32 Å². The maximum absolute atomic E-state index is 9.76. The van der Waals surface area contributed by atoms with Crippen LogP contribution in [0.1, 0.15) is 22.3 Å². The van der Waals surface area contributed by atoms with Crippen LogP contribution in [0.4, 0.5) is 5.69 Å². The summed E-state index contributed by atoms with van der Waals surface area (Å²) in [5, 5.41) is 13.8. The van der Waals surface area contributed by atoms with Crippen LogP contribution in [0.5, 0.6) is 5.75 Å². The largest absolute Gasteiger partial charge is 0.507 e. The first-order valence-electron chi connectivity index (χ1n) is 6.27. The van der Waals surface area contributed by atoms with Crippen LogP contribution in [0.25, 0.3) is 0 Å². The van der Waals surface area contributed by atoms with Crippen LogP contribution >= 0.6 is 11.6 Å². The number of nitrogens with one attached hydrogen (secondary N) is 1. The Labute approximate surface area is 119 Å². The van der Waals surface area contributed by atoms with E-state index in [0.29, 0.717) is 12.3 Å². The summed E-state index contributed by atoms with van der Waals surface area (Å²) in [6.07, 6.45) is 0. The molecule has 0 fully saturated rings. The quantitative estimate of drug-likeness (QED) is 0.859. The molecule has 0 amide bonds. The van der Waals surface area contributed by atoms with Crippen LogP contribution in [0, 0.1) is 20.8 Å². The van der Waals surface area contributed by atoms with Crippen LogP contribution in [0.3, 0.4) is 0 Å². The molecule has 0 atom stereocenters. The number of rotatable bonds is 3. The Morgan fingerprint density at radius 1 is 1.05 bits per heavy atom. The first-order valence-corrected chi connectivity index (χ1v) is 6.65. The lowest BCUT2D eigenvalue weighted by molar-refractivity contribution is 0.466. The molecule has 0 bridgehead atoms. The monoisotopic (exact) mass is 275 g/mol. The first-order chi connectivity index (χ1) is 8.99. The molecule has 0 aliphatic heterocycles. The van der Waals surface area contributed by atoms with Gasteiger partial charge in [0.2, 0.25) is 0 Å². The molecular weight excluding hydrogens is 258 g/mol. The highest BCUT2D eigenvalue weighted by molar-refractivity contribution is 6.33. The number of benzene rings is 2. The predicted molar refractivity (Wildman–Crippen MR) is 81.1 cm³/mol. The fraction of sp³-hybridized carbons (Fsp3) is 0.250. The van der Waals surface area contributed by atoms with Gasteiger partial charge in [-0.3, -0.25) is 0 Å². The summed E-state index contributed by atoms with van der Waals surface area (Å²) in [7, 11) is 0. The minimum absolute atomic E-state index is 0.373. The lowest BCUT2D eigenvalue weighted by atomic mass is 10.1. The first kappa shape index (κ1) is 13.8. The molecule has 0 heterocycles. The molecular formula is C16H18ClNO. The minimum Gasteiger partial charge on any atom is -0.507 e. The van der Waals surface area contributed by atoms with E-state index in [9.17, 15) is 5.11 Å². The van der Waals surface area contributed by atoms with E-state index in [1.54, 1.807) is 0 Å². The highest BCUT2D eigenvalue weighted by Gasteiger charge is 2.06. The van der Waals surface area contributed by atoms with Gasteiger partial charge in [-0.1, -0.05) is 35.9 Å². The topological polar surface area (TPSA) is 32.3 Å². The number of hydrogen-bond acceptors (Lipinski definition) is 2. The number of aryl methyl sites for hydroxylation is 3. The van der Waals surface area contributed by atoms with Crippen molar-refractivity contribution in [3.8, 4) is 5.75 Å². The molecule has 3 heteroatoms. The van der Waals surface area contributed by atoms with Gasteiger partial charge in [0.15, 0.2) is 0 Å². The van der Waals surface area contributed by atoms with Gasteiger partial charge in [-0.2, -0.15) is 0 Å². The molecule has 0 saturated carbocycles.